The van der Waals surface area contributed by atoms with Gasteiger partial charge in [-0.25, -0.2) is 4.98 Å². The maximum atomic E-state index is 12.6. The van der Waals surface area contributed by atoms with E-state index in [2.05, 4.69) is 20.6 Å². The first kappa shape index (κ1) is 16.7. The van der Waals surface area contributed by atoms with Gasteiger partial charge in [-0.3, -0.25) is 9.78 Å². The first-order valence-corrected chi connectivity index (χ1v) is 8.64. The van der Waals surface area contributed by atoms with E-state index in [1.807, 2.05) is 61.5 Å². The van der Waals surface area contributed by atoms with E-state index < -0.39 is 0 Å². The van der Waals surface area contributed by atoms with Crippen molar-refractivity contribution in [2.45, 2.75) is 6.92 Å². The van der Waals surface area contributed by atoms with Crippen LogP contribution in [0.4, 0.5) is 17.2 Å². The van der Waals surface area contributed by atoms with Crippen LogP contribution in [0.3, 0.4) is 0 Å². The van der Waals surface area contributed by atoms with Crippen molar-refractivity contribution in [1.82, 2.24) is 9.97 Å². The van der Waals surface area contributed by atoms with Gasteiger partial charge in [0.25, 0.3) is 5.91 Å². The van der Waals surface area contributed by atoms with Crippen molar-refractivity contribution in [3.05, 3.63) is 90.3 Å². The lowest BCUT2D eigenvalue weighted by molar-refractivity contribution is 0.102. The minimum atomic E-state index is -0.220. The highest BCUT2D eigenvalue weighted by atomic mass is 16.1. The minimum Gasteiger partial charge on any atom is -0.340 e. The van der Waals surface area contributed by atoms with E-state index in [1.165, 1.54) is 5.56 Å². The number of nitrogens with zero attached hydrogens (tertiary/aromatic N) is 2. The number of hydrogen-bond acceptors (Lipinski definition) is 4. The number of aromatic nitrogens is 2. The number of carbonyl (C=O) groups excluding carboxylic acids is 1. The van der Waals surface area contributed by atoms with Gasteiger partial charge in [-0.15, -0.1) is 0 Å². The molecule has 0 aliphatic heterocycles. The monoisotopic (exact) mass is 354 g/mol. The molecule has 0 unspecified atom stereocenters. The molecule has 2 aromatic heterocycles. The Morgan fingerprint density at radius 2 is 1.78 bits per heavy atom. The third kappa shape index (κ3) is 3.77. The Kier molecular flexibility index (Phi) is 4.49. The number of fused-ring (bicyclic) bond motifs is 1. The Hall–Kier alpha value is -3.73. The van der Waals surface area contributed by atoms with E-state index in [9.17, 15) is 4.79 Å². The van der Waals surface area contributed by atoms with E-state index in [0.29, 0.717) is 17.1 Å². The SMILES string of the molecule is Cc1cccc(Nc2ccc(C(=O)Nc3cccc4cccnc34)cn2)c1. The lowest BCUT2D eigenvalue weighted by atomic mass is 10.2. The van der Waals surface area contributed by atoms with Gasteiger partial charge >= 0.3 is 0 Å². The molecule has 2 N–H and O–H groups in total. The highest BCUT2D eigenvalue weighted by molar-refractivity contribution is 6.08. The van der Waals surface area contributed by atoms with Gasteiger partial charge in [0.1, 0.15) is 5.82 Å². The zero-order valence-corrected chi connectivity index (χ0v) is 14.8. The molecule has 0 bridgehead atoms. The molecule has 2 heterocycles. The third-order valence-electron chi connectivity index (χ3n) is 4.20. The fourth-order valence-corrected chi connectivity index (χ4v) is 2.87. The summed E-state index contributed by atoms with van der Waals surface area (Å²) in [6.45, 7) is 2.04. The van der Waals surface area contributed by atoms with Crippen molar-refractivity contribution in [2.75, 3.05) is 10.6 Å². The number of rotatable bonds is 4. The molecule has 5 heteroatoms. The van der Waals surface area contributed by atoms with Crippen molar-refractivity contribution < 1.29 is 4.79 Å². The second-order valence-electron chi connectivity index (χ2n) is 6.26. The fraction of sp³-hybridized carbons (Fsp3) is 0.0455. The van der Waals surface area contributed by atoms with Crippen LogP contribution in [0.1, 0.15) is 15.9 Å². The molecule has 0 radical (unpaired) electrons. The number of para-hydroxylation sites is 1. The predicted molar refractivity (Wildman–Crippen MR) is 108 cm³/mol. The Labute approximate surface area is 157 Å². The highest BCUT2D eigenvalue weighted by Crippen LogP contribution is 2.21. The van der Waals surface area contributed by atoms with Crippen molar-refractivity contribution >= 4 is 34.0 Å². The van der Waals surface area contributed by atoms with Gasteiger partial charge in [-0.2, -0.15) is 0 Å². The lowest BCUT2D eigenvalue weighted by Crippen LogP contribution is -2.12. The summed E-state index contributed by atoms with van der Waals surface area (Å²) in [7, 11) is 0. The molecule has 4 rings (SSSR count). The van der Waals surface area contributed by atoms with Crippen LogP contribution in [0.15, 0.2) is 79.1 Å². The number of pyridine rings is 2. The van der Waals surface area contributed by atoms with E-state index in [-0.39, 0.29) is 5.91 Å². The van der Waals surface area contributed by atoms with Crippen LogP contribution in [0.5, 0.6) is 0 Å². The smallest absolute Gasteiger partial charge is 0.257 e. The summed E-state index contributed by atoms with van der Waals surface area (Å²) in [5, 5.41) is 7.13. The lowest BCUT2D eigenvalue weighted by Gasteiger charge is -2.09. The number of amides is 1. The molecule has 0 atom stereocenters. The number of nitrogens with one attached hydrogen (secondary N) is 2. The van der Waals surface area contributed by atoms with Crippen LogP contribution < -0.4 is 10.6 Å². The topological polar surface area (TPSA) is 66.9 Å². The average molecular weight is 354 g/mol. The molecule has 4 aromatic rings. The van der Waals surface area contributed by atoms with Crippen LogP contribution in [0, 0.1) is 6.92 Å². The summed E-state index contributed by atoms with van der Waals surface area (Å²) in [4.78, 5) is 21.3. The molecular weight excluding hydrogens is 336 g/mol. The summed E-state index contributed by atoms with van der Waals surface area (Å²) in [6, 6.07) is 21.1. The van der Waals surface area contributed by atoms with Gasteiger partial charge in [0, 0.05) is 23.5 Å². The number of anilines is 3. The van der Waals surface area contributed by atoms with Crippen molar-refractivity contribution in [3.8, 4) is 0 Å². The Bertz CT molecular complexity index is 1100. The van der Waals surface area contributed by atoms with Gasteiger partial charge in [0.05, 0.1) is 16.8 Å². The van der Waals surface area contributed by atoms with E-state index in [0.717, 1.165) is 16.6 Å². The Balaban J connectivity index is 1.51. The molecule has 1 amide bonds. The maximum absolute atomic E-state index is 12.6. The van der Waals surface area contributed by atoms with Crippen molar-refractivity contribution in [2.24, 2.45) is 0 Å². The third-order valence-corrected chi connectivity index (χ3v) is 4.20. The fourth-order valence-electron chi connectivity index (χ4n) is 2.87. The van der Waals surface area contributed by atoms with Crippen molar-refractivity contribution in [1.29, 1.82) is 0 Å². The van der Waals surface area contributed by atoms with E-state index in [1.54, 1.807) is 24.5 Å². The van der Waals surface area contributed by atoms with Crippen LogP contribution in [-0.2, 0) is 0 Å². The number of aryl methyl sites for hydroxylation is 1. The highest BCUT2D eigenvalue weighted by Gasteiger charge is 2.09. The number of carbonyl (C=O) groups is 1. The molecular formula is C22H18N4O. The van der Waals surface area contributed by atoms with Crippen LogP contribution in [-0.4, -0.2) is 15.9 Å². The summed E-state index contributed by atoms with van der Waals surface area (Å²) in [5.74, 6) is 0.465. The molecule has 27 heavy (non-hydrogen) atoms. The van der Waals surface area contributed by atoms with Crippen LogP contribution >= 0.6 is 0 Å². The van der Waals surface area contributed by atoms with Gasteiger partial charge < -0.3 is 10.6 Å². The summed E-state index contributed by atoms with van der Waals surface area (Å²) < 4.78 is 0. The zero-order valence-electron chi connectivity index (χ0n) is 14.8. The zero-order chi connectivity index (χ0) is 18.6. The molecule has 0 aliphatic carbocycles. The Morgan fingerprint density at radius 3 is 2.59 bits per heavy atom. The van der Waals surface area contributed by atoms with Crippen LogP contribution in [0.25, 0.3) is 10.9 Å². The Morgan fingerprint density at radius 1 is 0.926 bits per heavy atom. The second-order valence-corrected chi connectivity index (χ2v) is 6.26. The molecule has 5 nitrogen and oxygen atoms in total. The number of benzene rings is 2. The maximum Gasteiger partial charge on any atom is 0.257 e. The number of hydrogen-bond donors (Lipinski definition) is 2. The van der Waals surface area contributed by atoms with E-state index >= 15 is 0 Å². The second kappa shape index (κ2) is 7.25. The summed E-state index contributed by atoms with van der Waals surface area (Å²) in [6.07, 6.45) is 3.28. The summed E-state index contributed by atoms with van der Waals surface area (Å²) >= 11 is 0. The molecule has 0 saturated heterocycles. The van der Waals surface area contributed by atoms with Gasteiger partial charge in [-0.1, -0.05) is 30.3 Å². The van der Waals surface area contributed by atoms with Gasteiger partial charge in [0.15, 0.2) is 0 Å². The molecule has 0 saturated carbocycles. The normalized spacial score (nSPS) is 10.6. The first-order valence-electron chi connectivity index (χ1n) is 8.64. The average Bonchev–Trinajstić information content (AvgIpc) is 2.69. The molecule has 132 valence electrons. The molecule has 0 aliphatic rings. The van der Waals surface area contributed by atoms with Gasteiger partial charge in [0.2, 0.25) is 0 Å². The van der Waals surface area contributed by atoms with Crippen LogP contribution in [0.2, 0.25) is 0 Å². The minimum absolute atomic E-state index is 0.220. The van der Waals surface area contributed by atoms with E-state index in [4.69, 9.17) is 0 Å². The molecule has 2 aromatic carbocycles. The predicted octanol–water partition coefficient (Wildman–Crippen LogP) is 4.93. The molecule has 0 fully saturated rings. The van der Waals surface area contributed by atoms with Crippen molar-refractivity contribution in [3.63, 3.8) is 0 Å². The standard InChI is InChI=1S/C22H18N4O/c1-15-5-2-8-18(13-15)25-20-11-10-17(14-24-20)22(27)26-19-9-3-6-16-7-4-12-23-21(16)19/h2-14H,1H3,(H,24,25)(H,26,27). The van der Waals surface area contributed by atoms with Gasteiger partial charge in [-0.05, 0) is 48.9 Å². The first-order chi connectivity index (χ1) is 13.2. The largest absolute Gasteiger partial charge is 0.340 e. The quantitative estimate of drug-likeness (QED) is 0.545. The molecule has 0 spiro atoms. The summed E-state index contributed by atoms with van der Waals surface area (Å²) in [5.41, 5.74) is 4.05.